The van der Waals surface area contributed by atoms with Crippen LogP contribution >= 0.6 is 11.9 Å². The van der Waals surface area contributed by atoms with Gasteiger partial charge in [-0.15, -0.1) is 0 Å². The van der Waals surface area contributed by atoms with E-state index in [2.05, 4.69) is 15.5 Å². The minimum Gasteiger partial charge on any atom is -0.343 e. The molecule has 2 heterocycles. The average molecular weight is 285 g/mol. The number of carbonyl (C=O) groups is 1. The van der Waals surface area contributed by atoms with E-state index in [0.29, 0.717) is 12.3 Å². The summed E-state index contributed by atoms with van der Waals surface area (Å²) in [5, 5.41) is 0. The van der Waals surface area contributed by atoms with Gasteiger partial charge < -0.3 is 9.80 Å². The molecule has 0 N–H and O–H groups in total. The van der Waals surface area contributed by atoms with Gasteiger partial charge in [0.05, 0.1) is 0 Å². The molecule has 2 saturated heterocycles. The highest BCUT2D eigenvalue weighted by atomic mass is 32.2. The monoisotopic (exact) mass is 285 g/mol. The number of hydrogen-bond acceptors (Lipinski definition) is 4. The summed E-state index contributed by atoms with van der Waals surface area (Å²) in [6.45, 7) is 9.92. The third-order valence-corrected chi connectivity index (χ3v) is 5.26. The van der Waals surface area contributed by atoms with E-state index < -0.39 is 0 Å². The molecule has 0 unspecified atom stereocenters. The molecule has 2 fully saturated rings. The van der Waals surface area contributed by atoms with E-state index in [9.17, 15) is 4.79 Å². The molecule has 0 aromatic rings. The number of hydrogen-bond donors (Lipinski definition) is 0. The fourth-order valence-electron chi connectivity index (χ4n) is 3.05. The maximum Gasteiger partial charge on any atom is 0.222 e. The topological polar surface area (TPSA) is 26.8 Å². The van der Waals surface area contributed by atoms with Crippen molar-refractivity contribution < 1.29 is 4.79 Å². The van der Waals surface area contributed by atoms with Crippen LogP contribution in [0.4, 0.5) is 0 Å². The van der Waals surface area contributed by atoms with Crippen molar-refractivity contribution in [2.24, 2.45) is 5.92 Å². The van der Waals surface area contributed by atoms with Crippen LogP contribution in [-0.2, 0) is 4.79 Å². The van der Waals surface area contributed by atoms with Gasteiger partial charge in [0.1, 0.15) is 0 Å². The van der Waals surface area contributed by atoms with Gasteiger partial charge in [-0.2, -0.15) is 0 Å². The third-order valence-electron chi connectivity index (χ3n) is 4.38. The van der Waals surface area contributed by atoms with Gasteiger partial charge in [0.2, 0.25) is 5.91 Å². The zero-order valence-corrected chi connectivity index (χ0v) is 13.1. The zero-order chi connectivity index (χ0) is 13.7. The number of likely N-dealkylation sites (tertiary alicyclic amines) is 1. The molecule has 2 aliphatic heterocycles. The van der Waals surface area contributed by atoms with E-state index in [0.717, 1.165) is 19.0 Å². The molecule has 5 heteroatoms. The minimum absolute atomic E-state index is 0.326. The van der Waals surface area contributed by atoms with E-state index in [1.54, 1.807) is 0 Å². The Hall–Kier alpha value is -0.260. The normalized spacial score (nSPS) is 23.8. The molecule has 0 aliphatic carbocycles. The van der Waals surface area contributed by atoms with Crippen LogP contribution in [0.2, 0.25) is 0 Å². The van der Waals surface area contributed by atoms with E-state index >= 15 is 0 Å². The van der Waals surface area contributed by atoms with Crippen molar-refractivity contribution in [2.75, 3.05) is 52.1 Å². The summed E-state index contributed by atoms with van der Waals surface area (Å²) < 4.78 is 2.44. The summed E-state index contributed by atoms with van der Waals surface area (Å²) in [5.41, 5.74) is 0. The van der Waals surface area contributed by atoms with Crippen molar-refractivity contribution in [1.29, 1.82) is 0 Å². The van der Waals surface area contributed by atoms with Gasteiger partial charge in [0.15, 0.2) is 0 Å². The fourth-order valence-corrected chi connectivity index (χ4v) is 3.58. The second kappa shape index (κ2) is 7.50. The molecule has 0 aromatic carbocycles. The number of amides is 1. The molecule has 0 aromatic heterocycles. The predicted molar refractivity (Wildman–Crippen MR) is 81.1 cm³/mol. The molecule has 2 aliphatic rings. The Morgan fingerprint density at radius 1 is 1.11 bits per heavy atom. The molecule has 0 spiro atoms. The molecule has 0 atom stereocenters. The van der Waals surface area contributed by atoms with E-state index in [1.807, 2.05) is 23.8 Å². The summed E-state index contributed by atoms with van der Waals surface area (Å²) in [7, 11) is 0. The number of piperazine rings is 1. The first-order valence-electron chi connectivity index (χ1n) is 7.52. The van der Waals surface area contributed by atoms with E-state index in [1.165, 1.54) is 45.6 Å². The maximum atomic E-state index is 11.6. The first-order chi connectivity index (χ1) is 9.22. The molecule has 19 heavy (non-hydrogen) atoms. The van der Waals surface area contributed by atoms with Crippen LogP contribution in [0, 0.1) is 5.92 Å². The summed E-state index contributed by atoms with van der Waals surface area (Å²) >= 11 is 1.86. The van der Waals surface area contributed by atoms with Gasteiger partial charge in [-0.05, 0) is 25.0 Å². The van der Waals surface area contributed by atoms with Crippen LogP contribution < -0.4 is 0 Å². The van der Waals surface area contributed by atoms with Crippen molar-refractivity contribution >= 4 is 17.9 Å². The Morgan fingerprint density at radius 2 is 1.74 bits per heavy atom. The van der Waals surface area contributed by atoms with Crippen LogP contribution in [0.25, 0.3) is 0 Å². The highest BCUT2D eigenvalue weighted by Gasteiger charge is 2.25. The Morgan fingerprint density at radius 3 is 2.26 bits per heavy atom. The van der Waals surface area contributed by atoms with Gasteiger partial charge in [0, 0.05) is 52.2 Å². The molecule has 0 bridgehead atoms. The minimum atomic E-state index is 0.326. The van der Waals surface area contributed by atoms with E-state index in [4.69, 9.17) is 0 Å². The molecule has 0 saturated carbocycles. The number of carbonyl (C=O) groups excluding carboxylic acids is 1. The molecule has 1 amide bonds. The lowest BCUT2D eigenvalue weighted by atomic mass is 9.95. The highest BCUT2D eigenvalue weighted by molar-refractivity contribution is 7.96. The maximum absolute atomic E-state index is 11.6. The van der Waals surface area contributed by atoms with Gasteiger partial charge in [0.25, 0.3) is 0 Å². The van der Waals surface area contributed by atoms with Crippen LogP contribution in [0.5, 0.6) is 0 Å². The van der Waals surface area contributed by atoms with Crippen molar-refractivity contribution in [3.8, 4) is 0 Å². The zero-order valence-electron chi connectivity index (χ0n) is 12.3. The van der Waals surface area contributed by atoms with Crippen LogP contribution in [-0.4, -0.2) is 72.1 Å². The number of nitrogens with zero attached hydrogens (tertiary/aromatic N) is 3. The van der Waals surface area contributed by atoms with Gasteiger partial charge in [-0.25, -0.2) is 4.31 Å². The van der Waals surface area contributed by atoms with Crippen molar-refractivity contribution in [2.45, 2.75) is 26.2 Å². The number of rotatable bonds is 4. The van der Waals surface area contributed by atoms with Crippen molar-refractivity contribution in [1.82, 2.24) is 14.1 Å². The van der Waals surface area contributed by atoms with Gasteiger partial charge >= 0.3 is 0 Å². The summed E-state index contributed by atoms with van der Waals surface area (Å²) in [6.07, 6.45) is 5.19. The lowest BCUT2D eigenvalue weighted by Gasteiger charge is -2.38. The van der Waals surface area contributed by atoms with Gasteiger partial charge in [-0.1, -0.05) is 18.9 Å². The summed E-state index contributed by atoms with van der Waals surface area (Å²) in [5.74, 6) is 1.12. The second-order valence-corrected chi connectivity index (χ2v) is 6.47. The standard InChI is InChI=1S/C14H27N3OS/c1-3-14(18)16-6-4-13(5-7-16)12-15-8-10-17(19-2)11-9-15/h13H,3-12H2,1-2H3. The lowest BCUT2D eigenvalue weighted by molar-refractivity contribution is -0.132. The second-order valence-electron chi connectivity index (χ2n) is 5.59. The first kappa shape index (κ1) is 15.1. The SMILES string of the molecule is CCC(=O)N1CCC(CN2CCN(SC)CC2)CC1. The highest BCUT2D eigenvalue weighted by Crippen LogP contribution is 2.20. The molecule has 4 nitrogen and oxygen atoms in total. The largest absolute Gasteiger partial charge is 0.343 e. The van der Waals surface area contributed by atoms with Gasteiger partial charge in [-0.3, -0.25) is 4.79 Å². The van der Waals surface area contributed by atoms with Crippen LogP contribution in [0.3, 0.4) is 0 Å². The summed E-state index contributed by atoms with van der Waals surface area (Å²) in [4.78, 5) is 16.3. The third kappa shape index (κ3) is 4.36. The Kier molecular flexibility index (Phi) is 5.98. The quantitative estimate of drug-likeness (QED) is 0.732. The smallest absolute Gasteiger partial charge is 0.222 e. The molecule has 0 radical (unpaired) electrons. The fraction of sp³-hybridized carbons (Fsp3) is 0.929. The molecule has 110 valence electrons. The van der Waals surface area contributed by atoms with Crippen molar-refractivity contribution in [3.63, 3.8) is 0 Å². The van der Waals surface area contributed by atoms with Crippen LogP contribution in [0.15, 0.2) is 0 Å². The Balaban J connectivity index is 1.67. The van der Waals surface area contributed by atoms with E-state index in [-0.39, 0.29) is 0 Å². The van der Waals surface area contributed by atoms with Crippen LogP contribution in [0.1, 0.15) is 26.2 Å². The number of piperidine rings is 1. The molecular formula is C14H27N3OS. The molecular weight excluding hydrogens is 258 g/mol. The Bertz CT molecular complexity index is 284. The lowest BCUT2D eigenvalue weighted by Crippen LogP contribution is -2.47. The van der Waals surface area contributed by atoms with Crippen molar-refractivity contribution in [3.05, 3.63) is 0 Å². The Labute approximate surface area is 121 Å². The molecule has 2 rings (SSSR count). The summed E-state index contributed by atoms with van der Waals surface area (Å²) in [6, 6.07) is 0. The average Bonchev–Trinajstić information content (AvgIpc) is 2.48. The first-order valence-corrected chi connectivity index (χ1v) is 8.70. The predicted octanol–water partition coefficient (Wildman–Crippen LogP) is 1.53.